The zero-order valence-electron chi connectivity index (χ0n) is 10.5. The molecule has 0 unspecified atom stereocenters. The van der Waals surface area contributed by atoms with Crippen LogP contribution in [0.25, 0.3) is 0 Å². The van der Waals surface area contributed by atoms with E-state index in [1.165, 1.54) is 0 Å². The first-order chi connectivity index (χ1) is 9.24. The van der Waals surface area contributed by atoms with Gasteiger partial charge in [0.1, 0.15) is 0 Å². The molecule has 2 aromatic rings. The first kappa shape index (κ1) is 12.9. The second-order valence-corrected chi connectivity index (χ2v) is 4.11. The second-order valence-electron chi connectivity index (χ2n) is 4.11. The number of aromatic nitrogens is 1. The largest absolute Gasteiger partial charge is 0.399 e. The highest BCUT2D eigenvalue weighted by Crippen LogP contribution is 2.09. The van der Waals surface area contributed by atoms with E-state index >= 15 is 0 Å². The summed E-state index contributed by atoms with van der Waals surface area (Å²) in [4.78, 5) is 15.6. The Bertz CT molecular complexity index is 525. The topological polar surface area (TPSA) is 80.0 Å². The molecule has 0 spiro atoms. The molecule has 0 bridgehead atoms. The van der Waals surface area contributed by atoms with Gasteiger partial charge in [0.2, 0.25) is 0 Å². The number of nitrogen functional groups attached to an aromatic ring is 1. The van der Waals surface area contributed by atoms with Crippen LogP contribution in [0.2, 0.25) is 0 Å². The average molecular weight is 256 g/mol. The highest BCUT2D eigenvalue weighted by molar-refractivity contribution is 5.89. The molecule has 0 aliphatic heterocycles. The number of rotatable bonds is 4. The highest BCUT2D eigenvalue weighted by Gasteiger charge is 2.00. The van der Waals surface area contributed by atoms with Gasteiger partial charge >= 0.3 is 6.03 Å². The number of carbonyl (C=O) groups is 1. The Morgan fingerprint density at radius 2 is 2.00 bits per heavy atom. The van der Waals surface area contributed by atoms with Crippen molar-refractivity contribution in [3.8, 4) is 0 Å². The molecule has 98 valence electrons. The van der Waals surface area contributed by atoms with Crippen LogP contribution < -0.4 is 16.4 Å². The van der Waals surface area contributed by atoms with Crippen molar-refractivity contribution in [2.75, 3.05) is 17.6 Å². The smallest absolute Gasteiger partial charge is 0.319 e. The third-order valence-electron chi connectivity index (χ3n) is 2.59. The SMILES string of the molecule is Nc1ccc(NC(=O)NCCc2cccnc2)cc1. The van der Waals surface area contributed by atoms with Crippen LogP contribution in [0.5, 0.6) is 0 Å². The van der Waals surface area contributed by atoms with Crippen LogP contribution in [0.15, 0.2) is 48.8 Å². The van der Waals surface area contributed by atoms with Crippen LogP contribution in [0, 0.1) is 0 Å². The molecule has 5 nitrogen and oxygen atoms in total. The summed E-state index contributed by atoms with van der Waals surface area (Å²) >= 11 is 0. The molecule has 4 N–H and O–H groups in total. The van der Waals surface area contributed by atoms with E-state index in [-0.39, 0.29) is 6.03 Å². The zero-order chi connectivity index (χ0) is 13.5. The lowest BCUT2D eigenvalue weighted by Gasteiger charge is -2.07. The summed E-state index contributed by atoms with van der Waals surface area (Å²) in [7, 11) is 0. The third kappa shape index (κ3) is 4.31. The van der Waals surface area contributed by atoms with Crippen molar-refractivity contribution in [3.63, 3.8) is 0 Å². The van der Waals surface area contributed by atoms with Crippen molar-refractivity contribution in [2.45, 2.75) is 6.42 Å². The Hall–Kier alpha value is -2.56. The maximum atomic E-state index is 11.6. The van der Waals surface area contributed by atoms with Crippen molar-refractivity contribution >= 4 is 17.4 Å². The number of anilines is 2. The van der Waals surface area contributed by atoms with Gasteiger partial charge in [0.15, 0.2) is 0 Å². The van der Waals surface area contributed by atoms with Gasteiger partial charge in [0, 0.05) is 30.3 Å². The maximum Gasteiger partial charge on any atom is 0.319 e. The fourth-order valence-corrected chi connectivity index (χ4v) is 1.61. The van der Waals surface area contributed by atoms with Gasteiger partial charge in [0.05, 0.1) is 0 Å². The minimum Gasteiger partial charge on any atom is -0.399 e. The van der Waals surface area contributed by atoms with Gasteiger partial charge in [-0.25, -0.2) is 4.79 Å². The number of hydrogen-bond donors (Lipinski definition) is 3. The summed E-state index contributed by atoms with van der Waals surface area (Å²) in [6.07, 6.45) is 4.27. The van der Waals surface area contributed by atoms with Crippen LogP contribution >= 0.6 is 0 Å². The molecule has 0 saturated carbocycles. The molecule has 2 amide bonds. The number of nitrogens with one attached hydrogen (secondary N) is 2. The van der Waals surface area contributed by atoms with Crippen molar-refractivity contribution in [1.29, 1.82) is 0 Å². The molecular formula is C14H16N4O. The molecule has 1 aromatic carbocycles. The van der Waals surface area contributed by atoms with Crippen LogP contribution in [0.3, 0.4) is 0 Å². The van der Waals surface area contributed by atoms with E-state index in [0.29, 0.717) is 17.9 Å². The number of pyridine rings is 1. The lowest BCUT2D eigenvalue weighted by atomic mass is 10.2. The first-order valence-corrected chi connectivity index (χ1v) is 6.03. The number of nitrogens with zero attached hydrogens (tertiary/aromatic N) is 1. The lowest BCUT2D eigenvalue weighted by Crippen LogP contribution is -2.30. The van der Waals surface area contributed by atoms with Gasteiger partial charge in [-0.1, -0.05) is 6.07 Å². The van der Waals surface area contributed by atoms with Crippen molar-refractivity contribution in [2.24, 2.45) is 0 Å². The second kappa shape index (κ2) is 6.39. The number of nitrogens with two attached hydrogens (primary N) is 1. The van der Waals surface area contributed by atoms with Crippen molar-refractivity contribution in [3.05, 3.63) is 54.4 Å². The molecule has 0 saturated heterocycles. The monoisotopic (exact) mass is 256 g/mol. The van der Waals surface area contributed by atoms with Crippen LogP contribution in [0.1, 0.15) is 5.56 Å². The molecule has 0 aliphatic carbocycles. The summed E-state index contributed by atoms with van der Waals surface area (Å²) in [6.45, 7) is 0.562. The summed E-state index contributed by atoms with van der Waals surface area (Å²) in [5.74, 6) is 0. The van der Waals surface area contributed by atoms with Crippen molar-refractivity contribution in [1.82, 2.24) is 10.3 Å². The van der Waals surface area contributed by atoms with Gasteiger partial charge < -0.3 is 16.4 Å². The Morgan fingerprint density at radius 1 is 1.21 bits per heavy atom. The fraction of sp³-hybridized carbons (Fsp3) is 0.143. The normalized spacial score (nSPS) is 9.89. The Labute approximate surface area is 111 Å². The minimum atomic E-state index is -0.228. The van der Waals surface area contributed by atoms with E-state index < -0.39 is 0 Å². The van der Waals surface area contributed by atoms with Gasteiger partial charge in [0.25, 0.3) is 0 Å². The van der Waals surface area contributed by atoms with Crippen LogP contribution in [-0.4, -0.2) is 17.6 Å². The molecule has 0 fully saturated rings. The lowest BCUT2D eigenvalue weighted by molar-refractivity contribution is 0.252. The Morgan fingerprint density at radius 3 is 2.68 bits per heavy atom. The van der Waals surface area contributed by atoms with Crippen molar-refractivity contribution < 1.29 is 4.79 Å². The molecule has 5 heteroatoms. The molecule has 0 aliphatic rings. The number of amides is 2. The van der Waals surface area contributed by atoms with E-state index in [4.69, 9.17) is 5.73 Å². The summed E-state index contributed by atoms with van der Waals surface area (Å²) < 4.78 is 0. The fourth-order valence-electron chi connectivity index (χ4n) is 1.61. The molecule has 1 aromatic heterocycles. The summed E-state index contributed by atoms with van der Waals surface area (Å²) in [5.41, 5.74) is 8.05. The molecule has 2 rings (SSSR count). The van der Waals surface area contributed by atoms with E-state index in [9.17, 15) is 4.79 Å². The Kier molecular flexibility index (Phi) is 4.34. The van der Waals surface area contributed by atoms with Gasteiger partial charge in [-0.05, 0) is 42.3 Å². The predicted molar refractivity (Wildman–Crippen MR) is 75.8 cm³/mol. The third-order valence-corrected chi connectivity index (χ3v) is 2.59. The zero-order valence-corrected chi connectivity index (χ0v) is 10.5. The van der Waals surface area contributed by atoms with Gasteiger partial charge in [-0.15, -0.1) is 0 Å². The van der Waals surface area contributed by atoms with E-state index in [0.717, 1.165) is 12.0 Å². The number of urea groups is 1. The number of benzene rings is 1. The molecule has 0 radical (unpaired) electrons. The van der Waals surface area contributed by atoms with Crippen LogP contribution in [0.4, 0.5) is 16.2 Å². The summed E-state index contributed by atoms with van der Waals surface area (Å²) in [6, 6.07) is 10.6. The average Bonchev–Trinajstić information content (AvgIpc) is 2.43. The molecule has 0 atom stereocenters. The quantitative estimate of drug-likeness (QED) is 0.732. The molecular weight excluding hydrogens is 240 g/mol. The minimum absolute atomic E-state index is 0.228. The number of carbonyl (C=O) groups excluding carboxylic acids is 1. The number of hydrogen-bond acceptors (Lipinski definition) is 3. The molecule has 1 heterocycles. The Balaban J connectivity index is 1.74. The first-order valence-electron chi connectivity index (χ1n) is 6.03. The van der Waals surface area contributed by atoms with Crippen LogP contribution in [-0.2, 0) is 6.42 Å². The van der Waals surface area contributed by atoms with E-state index in [1.54, 1.807) is 36.7 Å². The van der Waals surface area contributed by atoms with E-state index in [2.05, 4.69) is 15.6 Å². The van der Waals surface area contributed by atoms with E-state index in [1.807, 2.05) is 12.1 Å². The van der Waals surface area contributed by atoms with Gasteiger partial charge in [-0.2, -0.15) is 0 Å². The predicted octanol–water partition coefficient (Wildman–Crippen LogP) is 2.03. The maximum absolute atomic E-state index is 11.6. The highest BCUT2D eigenvalue weighted by atomic mass is 16.2. The van der Waals surface area contributed by atoms with Gasteiger partial charge in [-0.3, -0.25) is 4.98 Å². The summed E-state index contributed by atoms with van der Waals surface area (Å²) in [5, 5.41) is 5.52. The standard InChI is InChI=1S/C14H16N4O/c15-12-3-5-13(6-4-12)18-14(19)17-9-7-11-2-1-8-16-10-11/h1-6,8,10H,7,9,15H2,(H2,17,18,19). The molecule has 19 heavy (non-hydrogen) atoms.